The Kier molecular flexibility index (Phi) is 6.08. The van der Waals surface area contributed by atoms with E-state index in [-0.39, 0.29) is 17.3 Å². The summed E-state index contributed by atoms with van der Waals surface area (Å²) in [5, 5.41) is 14.3. The monoisotopic (exact) mass is 350 g/mol. The number of amides is 1. The molecule has 0 aromatic heterocycles. The molecule has 1 aliphatic rings. The summed E-state index contributed by atoms with van der Waals surface area (Å²) in [5.41, 5.74) is 5.19. The number of thiocarbonyl (C=S) groups is 1. The Morgan fingerprint density at radius 3 is 2.75 bits per heavy atom. The molecule has 1 fully saturated rings. The molecule has 7 nitrogen and oxygen atoms in total. The molecule has 0 saturated heterocycles. The van der Waals surface area contributed by atoms with Gasteiger partial charge in [0.2, 0.25) is 0 Å². The van der Waals surface area contributed by atoms with Gasteiger partial charge >= 0.3 is 0 Å². The molecule has 0 radical (unpaired) electrons. The van der Waals surface area contributed by atoms with Crippen molar-refractivity contribution in [1.82, 2.24) is 16.2 Å². The van der Waals surface area contributed by atoms with Crippen LogP contribution in [0.5, 0.6) is 0 Å². The van der Waals surface area contributed by atoms with Crippen LogP contribution in [0.2, 0.25) is 0 Å². The van der Waals surface area contributed by atoms with Crippen molar-refractivity contribution in [2.75, 3.05) is 0 Å². The Morgan fingerprint density at radius 1 is 1.29 bits per heavy atom. The van der Waals surface area contributed by atoms with Crippen LogP contribution in [0.3, 0.4) is 0 Å². The molecule has 1 aliphatic carbocycles. The van der Waals surface area contributed by atoms with Gasteiger partial charge in [-0.1, -0.05) is 32.8 Å². The summed E-state index contributed by atoms with van der Waals surface area (Å²) in [4.78, 5) is 22.3. The van der Waals surface area contributed by atoms with E-state index in [2.05, 4.69) is 30.0 Å². The Morgan fingerprint density at radius 2 is 2.04 bits per heavy atom. The van der Waals surface area contributed by atoms with Crippen molar-refractivity contribution < 1.29 is 9.72 Å². The summed E-state index contributed by atoms with van der Waals surface area (Å²) in [6, 6.07) is 5.81. The number of non-ortho nitro benzene ring substituents is 1. The Balaban J connectivity index is 1.86. The average Bonchev–Trinajstić information content (AvgIpc) is 2.57. The molecule has 0 spiro atoms. The molecule has 24 heavy (non-hydrogen) atoms. The minimum absolute atomic E-state index is 0.131. The van der Waals surface area contributed by atoms with E-state index in [9.17, 15) is 14.9 Å². The number of hydrogen-bond acceptors (Lipinski definition) is 4. The zero-order valence-corrected chi connectivity index (χ0v) is 14.6. The summed E-state index contributed by atoms with van der Waals surface area (Å²) >= 11 is 5.22. The van der Waals surface area contributed by atoms with Crippen LogP contribution < -0.4 is 16.2 Å². The maximum atomic E-state index is 12.0. The molecule has 1 aromatic rings. The molecule has 3 atom stereocenters. The van der Waals surface area contributed by atoms with Crippen LogP contribution in [0.15, 0.2) is 24.3 Å². The first kappa shape index (κ1) is 18.1. The number of benzene rings is 1. The van der Waals surface area contributed by atoms with Crippen LogP contribution in [0.4, 0.5) is 5.69 Å². The maximum Gasteiger partial charge on any atom is 0.270 e. The highest BCUT2D eigenvalue weighted by Gasteiger charge is 2.27. The van der Waals surface area contributed by atoms with Gasteiger partial charge in [0, 0.05) is 23.7 Å². The SMILES string of the molecule is C[C@H]1[C@@H](NC(=S)NNC(=O)c2cccc([N+](=O)[O-])c2)CCC[C@@H]1C. The van der Waals surface area contributed by atoms with E-state index in [4.69, 9.17) is 12.2 Å². The minimum atomic E-state index is -0.540. The number of nitrogens with zero attached hydrogens (tertiary/aromatic N) is 1. The fraction of sp³-hybridized carbons (Fsp3) is 0.500. The second-order valence-corrected chi connectivity index (χ2v) is 6.64. The lowest BCUT2D eigenvalue weighted by atomic mass is 9.78. The van der Waals surface area contributed by atoms with Crippen LogP contribution >= 0.6 is 12.2 Å². The third-order valence-corrected chi connectivity index (χ3v) is 4.85. The molecule has 0 aliphatic heterocycles. The Bertz CT molecular complexity index is 638. The predicted octanol–water partition coefficient (Wildman–Crippen LogP) is 2.53. The second kappa shape index (κ2) is 8.05. The fourth-order valence-corrected chi connectivity index (χ4v) is 3.14. The number of nitrogens with one attached hydrogen (secondary N) is 3. The molecule has 1 saturated carbocycles. The van der Waals surface area contributed by atoms with E-state index in [1.165, 1.54) is 30.7 Å². The van der Waals surface area contributed by atoms with Crippen LogP contribution in [0.1, 0.15) is 43.5 Å². The van der Waals surface area contributed by atoms with Crippen molar-refractivity contribution in [3.8, 4) is 0 Å². The lowest BCUT2D eigenvalue weighted by Gasteiger charge is -2.35. The first-order chi connectivity index (χ1) is 11.4. The number of carbonyl (C=O) groups excluding carboxylic acids is 1. The van der Waals surface area contributed by atoms with Crippen molar-refractivity contribution in [2.24, 2.45) is 11.8 Å². The molecular formula is C16H22N4O3S. The molecular weight excluding hydrogens is 328 g/mol. The topological polar surface area (TPSA) is 96.3 Å². The number of carbonyl (C=O) groups is 1. The standard InChI is InChI=1S/C16H22N4O3S/c1-10-5-3-8-14(11(10)2)17-16(24)19-18-15(21)12-6-4-7-13(9-12)20(22)23/h4,6-7,9-11,14H,3,5,8H2,1-2H3,(H,18,21)(H2,17,19,24)/t10-,11+,14-/m0/s1. The van der Waals surface area contributed by atoms with Gasteiger partial charge in [-0.2, -0.15) is 0 Å². The van der Waals surface area contributed by atoms with Crippen LogP contribution in [-0.4, -0.2) is 22.0 Å². The zero-order chi connectivity index (χ0) is 17.7. The molecule has 0 unspecified atom stereocenters. The zero-order valence-electron chi connectivity index (χ0n) is 13.7. The summed E-state index contributed by atoms with van der Waals surface area (Å²) in [7, 11) is 0. The van der Waals surface area contributed by atoms with Crippen LogP contribution in [0, 0.1) is 22.0 Å². The molecule has 0 heterocycles. The molecule has 3 N–H and O–H groups in total. The lowest BCUT2D eigenvalue weighted by Crippen LogP contribution is -2.52. The summed E-state index contributed by atoms with van der Waals surface area (Å²) < 4.78 is 0. The summed E-state index contributed by atoms with van der Waals surface area (Å²) in [5.74, 6) is 0.664. The highest BCUT2D eigenvalue weighted by Crippen LogP contribution is 2.29. The van der Waals surface area contributed by atoms with Gasteiger partial charge in [0.05, 0.1) is 4.92 Å². The van der Waals surface area contributed by atoms with Crippen LogP contribution in [0.25, 0.3) is 0 Å². The van der Waals surface area contributed by atoms with E-state index < -0.39 is 10.8 Å². The molecule has 0 bridgehead atoms. The van der Waals surface area contributed by atoms with Gasteiger partial charge in [0.15, 0.2) is 5.11 Å². The number of hydrogen-bond donors (Lipinski definition) is 3. The number of nitro groups is 1. The smallest absolute Gasteiger partial charge is 0.270 e. The van der Waals surface area contributed by atoms with Gasteiger partial charge in [-0.05, 0) is 36.5 Å². The van der Waals surface area contributed by atoms with E-state index in [0.717, 1.165) is 12.8 Å². The normalized spacial score (nSPS) is 23.2. The van der Waals surface area contributed by atoms with E-state index >= 15 is 0 Å². The average molecular weight is 350 g/mol. The Labute approximate surface area is 146 Å². The van der Waals surface area contributed by atoms with E-state index in [0.29, 0.717) is 16.9 Å². The van der Waals surface area contributed by atoms with E-state index in [1.54, 1.807) is 0 Å². The molecule has 1 aromatic carbocycles. The lowest BCUT2D eigenvalue weighted by molar-refractivity contribution is -0.384. The quantitative estimate of drug-likeness (QED) is 0.440. The van der Waals surface area contributed by atoms with Crippen molar-refractivity contribution >= 4 is 28.9 Å². The number of hydrazine groups is 1. The van der Waals surface area contributed by atoms with Gasteiger partial charge in [-0.15, -0.1) is 0 Å². The first-order valence-corrected chi connectivity index (χ1v) is 8.40. The minimum Gasteiger partial charge on any atom is -0.358 e. The van der Waals surface area contributed by atoms with Crippen molar-refractivity contribution in [3.05, 3.63) is 39.9 Å². The predicted molar refractivity (Wildman–Crippen MR) is 95.4 cm³/mol. The van der Waals surface area contributed by atoms with E-state index in [1.807, 2.05) is 0 Å². The number of rotatable bonds is 3. The van der Waals surface area contributed by atoms with Gasteiger partial charge in [-0.3, -0.25) is 25.8 Å². The fourth-order valence-electron chi connectivity index (χ4n) is 2.94. The second-order valence-electron chi connectivity index (χ2n) is 6.23. The van der Waals surface area contributed by atoms with Crippen molar-refractivity contribution in [3.63, 3.8) is 0 Å². The van der Waals surface area contributed by atoms with Crippen LogP contribution in [-0.2, 0) is 0 Å². The van der Waals surface area contributed by atoms with Gasteiger partial charge < -0.3 is 5.32 Å². The Hall–Kier alpha value is -2.22. The number of nitro benzene ring substituents is 1. The molecule has 1 amide bonds. The van der Waals surface area contributed by atoms with Gasteiger partial charge in [-0.25, -0.2) is 0 Å². The van der Waals surface area contributed by atoms with Gasteiger partial charge in [0.25, 0.3) is 11.6 Å². The maximum absolute atomic E-state index is 12.0. The van der Waals surface area contributed by atoms with Crippen molar-refractivity contribution in [1.29, 1.82) is 0 Å². The molecule has 8 heteroatoms. The largest absolute Gasteiger partial charge is 0.358 e. The van der Waals surface area contributed by atoms with Crippen molar-refractivity contribution in [2.45, 2.75) is 39.2 Å². The summed E-state index contributed by atoms with van der Waals surface area (Å²) in [6.45, 7) is 4.44. The third-order valence-electron chi connectivity index (χ3n) is 4.63. The molecule has 130 valence electrons. The molecule has 2 rings (SSSR count). The van der Waals surface area contributed by atoms with Gasteiger partial charge in [0.1, 0.15) is 0 Å². The highest BCUT2D eigenvalue weighted by atomic mass is 32.1. The highest BCUT2D eigenvalue weighted by molar-refractivity contribution is 7.80. The third kappa shape index (κ3) is 4.64. The first-order valence-electron chi connectivity index (χ1n) is 7.99. The summed E-state index contributed by atoms with van der Waals surface area (Å²) in [6.07, 6.45) is 3.43.